The zero-order valence-corrected chi connectivity index (χ0v) is 37.0. The lowest BCUT2D eigenvalue weighted by atomic mass is 9.89. The van der Waals surface area contributed by atoms with Gasteiger partial charge in [0.1, 0.15) is 10.9 Å². The van der Waals surface area contributed by atoms with E-state index >= 15 is 0 Å². The maximum Gasteiger partial charge on any atom is 0.345 e. The summed E-state index contributed by atoms with van der Waals surface area (Å²) in [4.78, 5) is 79.8. The Morgan fingerprint density at radius 3 is 2.41 bits per heavy atom. The highest BCUT2D eigenvalue weighted by Crippen LogP contribution is 2.52. The zero-order chi connectivity index (χ0) is 45.1. The summed E-state index contributed by atoms with van der Waals surface area (Å²) in [6.45, 7) is 5.25. The Hall–Kier alpha value is -6.11. The number of carboxylic acid groups (broad SMARTS) is 1. The number of aromatic carboxylic acids is 1. The molecule has 5 atom stereocenters. The largest absolute Gasteiger partial charge is 0.477 e. The molecule has 16 nitrogen and oxygen atoms in total. The third-order valence-electron chi connectivity index (χ3n) is 13.2. The van der Waals surface area contributed by atoms with E-state index in [1.165, 1.54) is 16.2 Å². The van der Waals surface area contributed by atoms with Gasteiger partial charge < -0.3 is 30.9 Å². The number of carbonyl (C=O) groups excluding carboxylic acids is 5. The number of likely N-dealkylation sites (tertiary alicyclic amines) is 1. The average molecular weight is 908 g/mol. The number of anilines is 3. The number of benzene rings is 3. The first-order chi connectivity index (χ1) is 30.5. The van der Waals surface area contributed by atoms with Gasteiger partial charge in [-0.2, -0.15) is 4.31 Å². The molecule has 3 unspecified atom stereocenters. The molecule has 3 aromatic carbocycles. The van der Waals surface area contributed by atoms with E-state index < -0.39 is 33.5 Å². The van der Waals surface area contributed by atoms with Crippen molar-refractivity contribution in [1.29, 1.82) is 0 Å². The summed E-state index contributed by atoms with van der Waals surface area (Å²) in [5.74, 6) is -2.83. The molecule has 1 aromatic heterocycles. The van der Waals surface area contributed by atoms with Crippen LogP contribution < -0.4 is 21.3 Å². The number of carboxylic acids is 1. The second kappa shape index (κ2) is 16.8. The molecule has 64 heavy (non-hydrogen) atoms. The van der Waals surface area contributed by atoms with Crippen molar-refractivity contribution in [2.24, 2.45) is 17.8 Å². The Bertz CT molecular complexity index is 2690. The highest BCUT2D eigenvalue weighted by atomic mass is 32.2. The topological polar surface area (TPSA) is 215 Å². The number of nitrogens with zero attached hydrogens (tertiary/aromatic N) is 3. The van der Waals surface area contributed by atoms with Crippen LogP contribution in [0.15, 0.2) is 78.9 Å². The number of sulfonamides is 1. The molecule has 5 amide bonds. The Morgan fingerprint density at radius 1 is 0.922 bits per heavy atom. The van der Waals surface area contributed by atoms with Gasteiger partial charge in [0.05, 0.1) is 12.3 Å². The molecule has 4 fully saturated rings. The maximum atomic E-state index is 13.9. The minimum Gasteiger partial charge on any atom is -0.477 e. The normalized spacial score (nSPS) is 23.8. The van der Waals surface area contributed by atoms with Crippen LogP contribution in [0, 0.1) is 17.8 Å². The van der Waals surface area contributed by atoms with E-state index in [9.17, 15) is 42.3 Å². The standard InChI is InChI=1S/C46H49N7O9S2/c1-46(2)20-30(48-29-9-4-7-27(19-29)37-13-14-38(63-37)45(59)60)16-17-53(46)64(61,62)25-26-6-3-8-28(18-26)49-43(57)41-33-22-51(23-34(33)41)40(55)21-47-35-11-5-10-31-32(35)24-52(44(31)58)36-12-15-39(54)50-42(36)56/h3-11,13-14,18-19,30,33-34,36,41,47-48H,12,15-17,20-25H2,1-2H3,(H,49,57)(H,59,60)(H,50,54,56)/t30-,33+,34?,36?,41?/m0/s1. The number of piperidine rings is 3. The summed E-state index contributed by atoms with van der Waals surface area (Å²) in [5.41, 5.74) is 3.94. The van der Waals surface area contributed by atoms with Gasteiger partial charge in [0.25, 0.3) is 5.91 Å². The second-order valence-corrected chi connectivity index (χ2v) is 20.9. The summed E-state index contributed by atoms with van der Waals surface area (Å²) >= 11 is 1.22. The van der Waals surface area contributed by atoms with Crippen LogP contribution in [0.3, 0.4) is 0 Å². The van der Waals surface area contributed by atoms with Crippen LogP contribution in [0.2, 0.25) is 0 Å². The molecule has 3 saturated heterocycles. The van der Waals surface area contributed by atoms with Gasteiger partial charge in [-0.25, -0.2) is 13.2 Å². The molecule has 5 aliphatic rings. The van der Waals surface area contributed by atoms with Gasteiger partial charge >= 0.3 is 5.97 Å². The van der Waals surface area contributed by atoms with Crippen LogP contribution in [0.1, 0.15) is 70.7 Å². The van der Waals surface area contributed by atoms with Crippen molar-refractivity contribution >= 4 is 73.9 Å². The number of imide groups is 1. The first-order valence-electron chi connectivity index (χ1n) is 21.4. The number of amides is 5. The predicted octanol–water partition coefficient (Wildman–Crippen LogP) is 4.81. The van der Waals surface area contributed by atoms with Crippen molar-refractivity contribution < 1.29 is 42.3 Å². The van der Waals surface area contributed by atoms with Gasteiger partial charge in [0.15, 0.2) is 0 Å². The van der Waals surface area contributed by atoms with Gasteiger partial charge in [-0.3, -0.25) is 29.3 Å². The quantitative estimate of drug-likeness (QED) is 0.115. The third kappa shape index (κ3) is 8.60. The lowest BCUT2D eigenvalue weighted by Gasteiger charge is -2.45. The van der Waals surface area contributed by atoms with Crippen molar-refractivity contribution in [3.8, 4) is 10.4 Å². The summed E-state index contributed by atoms with van der Waals surface area (Å²) in [7, 11) is -3.74. The first-order valence-corrected chi connectivity index (χ1v) is 23.9. The van der Waals surface area contributed by atoms with Gasteiger partial charge in [0, 0.05) is 83.2 Å². The van der Waals surface area contributed by atoms with E-state index in [1.54, 1.807) is 63.8 Å². The maximum absolute atomic E-state index is 13.9. The minimum atomic E-state index is -3.74. The van der Waals surface area contributed by atoms with Crippen molar-refractivity contribution in [2.75, 3.05) is 42.1 Å². The first kappa shape index (κ1) is 43.2. The summed E-state index contributed by atoms with van der Waals surface area (Å²) in [6, 6.07) is 22.6. The van der Waals surface area contributed by atoms with E-state index in [2.05, 4.69) is 21.3 Å². The van der Waals surface area contributed by atoms with E-state index in [4.69, 9.17) is 0 Å². The lowest BCUT2D eigenvalue weighted by Crippen LogP contribution is -2.55. The molecule has 1 saturated carbocycles. The number of hydrogen-bond acceptors (Lipinski definition) is 11. The molecular formula is C46H49N7O9S2. The monoisotopic (exact) mass is 907 g/mol. The smallest absolute Gasteiger partial charge is 0.345 e. The van der Waals surface area contributed by atoms with Crippen molar-refractivity contribution in [1.82, 2.24) is 19.4 Å². The highest BCUT2D eigenvalue weighted by Gasteiger charge is 2.60. The fraction of sp³-hybridized carbons (Fsp3) is 0.391. The summed E-state index contributed by atoms with van der Waals surface area (Å²) in [5, 5.41) is 21.4. The van der Waals surface area contributed by atoms with Gasteiger partial charge in [-0.1, -0.05) is 30.3 Å². The molecular weight excluding hydrogens is 859 g/mol. The fourth-order valence-electron chi connectivity index (χ4n) is 10.0. The molecule has 5 heterocycles. The number of thiophene rings is 1. The Morgan fingerprint density at radius 2 is 1.67 bits per heavy atom. The highest BCUT2D eigenvalue weighted by molar-refractivity contribution is 7.88. The van der Waals surface area contributed by atoms with Gasteiger partial charge in [-0.05, 0) is 105 Å². The second-order valence-electron chi connectivity index (χ2n) is 18.0. The molecule has 4 aromatic rings. The predicted molar refractivity (Wildman–Crippen MR) is 240 cm³/mol. The van der Waals surface area contributed by atoms with Crippen molar-refractivity contribution in [3.05, 3.63) is 100 Å². The molecule has 5 N–H and O–H groups in total. The van der Waals surface area contributed by atoms with Crippen LogP contribution in [-0.2, 0) is 41.5 Å². The number of hydrogen-bond donors (Lipinski definition) is 5. The van der Waals surface area contributed by atoms with Gasteiger partial charge in [-0.15, -0.1) is 11.3 Å². The van der Waals surface area contributed by atoms with Crippen LogP contribution in [0.4, 0.5) is 17.1 Å². The molecule has 18 heteroatoms. The zero-order valence-electron chi connectivity index (χ0n) is 35.3. The molecule has 1 aliphatic carbocycles. The average Bonchev–Trinajstić information content (AvgIpc) is 3.61. The van der Waals surface area contributed by atoms with Crippen molar-refractivity contribution in [3.63, 3.8) is 0 Å². The van der Waals surface area contributed by atoms with Crippen LogP contribution in [-0.4, -0.2) is 107 Å². The van der Waals surface area contributed by atoms with Crippen LogP contribution in [0.5, 0.6) is 0 Å². The molecule has 0 spiro atoms. The molecule has 334 valence electrons. The molecule has 0 bridgehead atoms. The van der Waals surface area contributed by atoms with Gasteiger partial charge in [0.2, 0.25) is 33.7 Å². The Labute approximate surface area is 374 Å². The minimum absolute atomic E-state index is 0.00862. The SMILES string of the molecule is CC1(C)C[C@@H](Nc2cccc(-c3ccc(C(=O)O)s3)c2)CCN1S(=O)(=O)Cc1cccc(NC(=O)C2C3CN(C(=O)CNc4cccc5c4CN(C4CCC(=O)NC4=O)C5=O)C[C@H]32)c1. The lowest BCUT2D eigenvalue weighted by molar-refractivity contribution is -0.137. The van der Waals surface area contributed by atoms with Crippen LogP contribution >= 0.6 is 11.3 Å². The molecule has 9 rings (SSSR count). The fourth-order valence-corrected chi connectivity index (χ4v) is 12.8. The van der Waals surface area contributed by atoms with E-state index in [1.807, 2.05) is 38.1 Å². The van der Waals surface area contributed by atoms with Crippen LogP contribution in [0.25, 0.3) is 10.4 Å². The number of fused-ring (bicyclic) bond motifs is 2. The molecule has 4 aliphatic heterocycles. The number of carbonyl (C=O) groups is 6. The Balaban J connectivity index is 0.745. The Kier molecular flexibility index (Phi) is 11.3. The number of rotatable bonds is 13. The van der Waals surface area contributed by atoms with E-state index in [0.29, 0.717) is 60.5 Å². The summed E-state index contributed by atoms with van der Waals surface area (Å²) in [6.07, 6.45) is 1.59. The third-order valence-corrected chi connectivity index (χ3v) is 16.3. The van der Waals surface area contributed by atoms with E-state index in [0.717, 1.165) is 16.1 Å². The van der Waals surface area contributed by atoms with Crippen molar-refractivity contribution in [2.45, 2.75) is 69.5 Å². The van der Waals surface area contributed by atoms with E-state index in [-0.39, 0.29) is 84.0 Å². The summed E-state index contributed by atoms with van der Waals surface area (Å²) < 4.78 is 29.5. The molecule has 0 radical (unpaired) electrons. The number of nitrogens with one attached hydrogen (secondary N) is 4.